The Bertz CT molecular complexity index is 1050. The highest BCUT2D eigenvalue weighted by molar-refractivity contribution is 5.49. The average molecular weight is 475 g/mol. The molecule has 5 heteroatoms. The largest absolute Gasteiger partial charge is 0.508 e. The van der Waals surface area contributed by atoms with Crippen LogP contribution < -0.4 is 10.6 Å². The van der Waals surface area contributed by atoms with Gasteiger partial charge in [-0.05, 0) is 99.6 Å². The van der Waals surface area contributed by atoms with Gasteiger partial charge in [-0.3, -0.25) is 0 Å². The molecule has 3 aromatic rings. The van der Waals surface area contributed by atoms with E-state index < -0.39 is 0 Å². The zero-order valence-electron chi connectivity index (χ0n) is 20.4. The van der Waals surface area contributed by atoms with E-state index in [1.54, 1.807) is 18.2 Å². The van der Waals surface area contributed by atoms with Crippen LogP contribution in [0.3, 0.4) is 0 Å². The molecule has 35 heavy (non-hydrogen) atoms. The van der Waals surface area contributed by atoms with Gasteiger partial charge in [0.05, 0.1) is 0 Å². The number of phenols is 3. The monoisotopic (exact) mass is 474 g/mol. The van der Waals surface area contributed by atoms with Crippen LogP contribution in [0.5, 0.6) is 17.2 Å². The first-order valence-corrected chi connectivity index (χ1v) is 12.5. The van der Waals surface area contributed by atoms with E-state index in [0.29, 0.717) is 12.8 Å². The van der Waals surface area contributed by atoms with Crippen molar-refractivity contribution < 1.29 is 15.3 Å². The third kappa shape index (κ3) is 9.47. The summed E-state index contributed by atoms with van der Waals surface area (Å²) < 4.78 is 0. The average Bonchev–Trinajstić information content (AvgIpc) is 2.87. The Morgan fingerprint density at radius 1 is 0.600 bits per heavy atom. The Morgan fingerprint density at radius 3 is 2.00 bits per heavy atom. The predicted octanol–water partition coefficient (Wildman–Crippen LogP) is 4.89. The van der Waals surface area contributed by atoms with E-state index in [4.69, 9.17) is 0 Å². The van der Waals surface area contributed by atoms with Crippen LogP contribution in [0.15, 0.2) is 78.9 Å². The molecule has 0 atom stereocenters. The molecule has 0 aliphatic heterocycles. The van der Waals surface area contributed by atoms with Crippen LogP contribution in [0.4, 0.5) is 0 Å². The van der Waals surface area contributed by atoms with Gasteiger partial charge in [0.1, 0.15) is 5.75 Å². The van der Waals surface area contributed by atoms with Crippen molar-refractivity contribution in [1.29, 1.82) is 0 Å². The zero-order valence-corrected chi connectivity index (χ0v) is 20.4. The van der Waals surface area contributed by atoms with Crippen LogP contribution >= 0.6 is 0 Å². The SMILES string of the molecule is Oc1cccc(CCc2c(CCNCC/C=C/CCNCCc3ccccc3)ccc(O)c2O)c1. The van der Waals surface area contributed by atoms with E-state index in [2.05, 4.69) is 47.1 Å². The lowest BCUT2D eigenvalue weighted by molar-refractivity contribution is 0.398. The first-order chi connectivity index (χ1) is 17.1. The van der Waals surface area contributed by atoms with Crippen molar-refractivity contribution in [2.75, 3.05) is 26.2 Å². The molecule has 5 nitrogen and oxygen atoms in total. The first kappa shape index (κ1) is 26.3. The Labute approximate surface area is 209 Å². The summed E-state index contributed by atoms with van der Waals surface area (Å²) in [5.74, 6) is 0.107. The van der Waals surface area contributed by atoms with E-state index in [1.807, 2.05) is 24.3 Å². The van der Waals surface area contributed by atoms with Crippen LogP contribution in [-0.2, 0) is 25.7 Å². The second kappa shape index (κ2) is 14.9. The van der Waals surface area contributed by atoms with Gasteiger partial charge in [-0.25, -0.2) is 0 Å². The molecular formula is C30H38N2O3. The quantitative estimate of drug-likeness (QED) is 0.123. The maximum Gasteiger partial charge on any atom is 0.160 e. The number of aromatic hydroxyl groups is 3. The Hall–Kier alpha value is -3.28. The molecule has 0 heterocycles. The lowest BCUT2D eigenvalue weighted by Gasteiger charge is -2.13. The van der Waals surface area contributed by atoms with Crippen molar-refractivity contribution in [2.24, 2.45) is 0 Å². The van der Waals surface area contributed by atoms with Gasteiger partial charge in [0.25, 0.3) is 0 Å². The number of hydrogen-bond donors (Lipinski definition) is 5. The minimum atomic E-state index is -0.0905. The van der Waals surface area contributed by atoms with Crippen LogP contribution in [0.1, 0.15) is 35.1 Å². The summed E-state index contributed by atoms with van der Waals surface area (Å²) in [5.41, 5.74) is 4.17. The standard InChI is InChI=1S/C30H38N2O3/c33-27-12-8-11-25(23-27)13-15-28-26(14-16-29(34)30(28)35)18-22-32-20-7-2-1-6-19-31-21-17-24-9-4-3-5-10-24/h1-5,8-12,14,16,23,31-35H,6-7,13,15,17-22H2/b2-1+. The lowest BCUT2D eigenvalue weighted by atomic mass is 9.96. The number of rotatable bonds is 15. The minimum absolute atomic E-state index is 0.0389. The third-order valence-electron chi connectivity index (χ3n) is 6.08. The van der Waals surface area contributed by atoms with Gasteiger partial charge in [0.2, 0.25) is 0 Å². The highest BCUT2D eigenvalue weighted by Gasteiger charge is 2.12. The van der Waals surface area contributed by atoms with Crippen molar-refractivity contribution in [3.8, 4) is 17.2 Å². The molecule has 0 aromatic heterocycles. The second-order valence-electron chi connectivity index (χ2n) is 8.78. The van der Waals surface area contributed by atoms with Gasteiger partial charge in [0, 0.05) is 5.56 Å². The zero-order chi connectivity index (χ0) is 24.7. The van der Waals surface area contributed by atoms with Gasteiger partial charge < -0.3 is 26.0 Å². The van der Waals surface area contributed by atoms with E-state index in [1.165, 1.54) is 5.56 Å². The summed E-state index contributed by atoms with van der Waals surface area (Å²) in [6, 6.07) is 21.1. The van der Waals surface area contributed by atoms with Crippen molar-refractivity contribution in [3.63, 3.8) is 0 Å². The van der Waals surface area contributed by atoms with Gasteiger partial charge in [-0.15, -0.1) is 0 Å². The molecular weight excluding hydrogens is 436 g/mol. The van der Waals surface area contributed by atoms with Crippen molar-refractivity contribution >= 4 is 0 Å². The number of aryl methyl sites for hydroxylation is 1. The highest BCUT2D eigenvalue weighted by Crippen LogP contribution is 2.32. The van der Waals surface area contributed by atoms with Crippen LogP contribution in [0.25, 0.3) is 0 Å². The summed E-state index contributed by atoms with van der Waals surface area (Å²) >= 11 is 0. The maximum atomic E-state index is 10.4. The molecule has 0 radical (unpaired) electrons. The fourth-order valence-electron chi connectivity index (χ4n) is 4.12. The second-order valence-corrected chi connectivity index (χ2v) is 8.78. The van der Waals surface area contributed by atoms with E-state index >= 15 is 0 Å². The van der Waals surface area contributed by atoms with E-state index in [0.717, 1.165) is 68.6 Å². The number of benzene rings is 3. The molecule has 0 amide bonds. The van der Waals surface area contributed by atoms with Crippen LogP contribution in [0.2, 0.25) is 0 Å². The molecule has 0 spiro atoms. The summed E-state index contributed by atoms with van der Waals surface area (Å²) in [4.78, 5) is 0. The van der Waals surface area contributed by atoms with Crippen molar-refractivity contribution in [3.05, 3.63) is 101 Å². The fourth-order valence-corrected chi connectivity index (χ4v) is 4.12. The predicted molar refractivity (Wildman–Crippen MR) is 143 cm³/mol. The molecule has 186 valence electrons. The molecule has 0 bridgehead atoms. The molecule has 0 unspecified atom stereocenters. The molecule has 0 saturated carbocycles. The number of hydrogen-bond acceptors (Lipinski definition) is 5. The Morgan fingerprint density at radius 2 is 1.29 bits per heavy atom. The van der Waals surface area contributed by atoms with Crippen LogP contribution in [0, 0.1) is 0 Å². The topological polar surface area (TPSA) is 84.8 Å². The van der Waals surface area contributed by atoms with Gasteiger partial charge >= 0.3 is 0 Å². The maximum absolute atomic E-state index is 10.4. The Kier molecular flexibility index (Phi) is 11.2. The van der Waals surface area contributed by atoms with Gasteiger partial charge in [-0.2, -0.15) is 0 Å². The molecule has 0 saturated heterocycles. The van der Waals surface area contributed by atoms with Crippen molar-refractivity contribution in [1.82, 2.24) is 10.6 Å². The van der Waals surface area contributed by atoms with E-state index in [-0.39, 0.29) is 17.2 Å². The van der Waals surface area contributed by atoms with Gasteiger partial charge in [0.15, 0.2) is 11.5 Å². The minimum Gasteiger partial charge on any atom is -0.508 e. The van der Waals surface area contributed by atoms with E-state index in [9.17, 15) is 15.3 Å². The molecule has 5 N–H and O–H groups in total. The molecule has 3 rings (SSSR count). The smallest absolute Gasteiger partial charge is 0.160 e. The van der Waals surface area contributed by atoms with Crippen LogP contribution in [-0.4, -0.2) is 41.5 Å². The molecule has 0 aliphatic rings. The first-order valence-electron chi connectivity index (χ1n) is 12.5. The van der Waals surface area contributed by atoms with Gasteiger partial charge in [-0.1, -0.05) is 60.7 Å². The normalized spacial score (nSPS) is 11.3. The number of nitrogens with one attached hydrogen (secondary N) is 2. The molecule has 0 aliphatic carbocycles. The summed E-state index contributed by atoms with van der Waals surface area (Å²) in [6.45, 7) is 3.70. The Balaban J connectivity index is 1.31. The summed E-state index contributed by atoms with van der Waals surface area (Å²) in [5, 5.41) is 37.0. The third-order valence-corrected chi connectivity index (χ3v) is 6.08. The van der Waals surface area contributed by atoms with Crippen molar-refractivity contribution in [2.45, 2.75) is 38.5 Å². The number of phenolic OH excluding ortho intramolecular Hbond substituents is 3. The fraction of sp³-hybridized carbons (Fsp3) is 0.333. The highest BCUT2D eigenvalue weighted by atomic mass is 16.3. The molecule has 3 aromatic carbocycles. The molecule has 0 fully saturated rings. The lowest BCUT2D eigenvalue weighted by Crippen LogP contribution is -2.19. The summed E-state index contributed by atoms with van der Waals surface area (Å²) in [7, 11) is 0. The summed E-state index contributed by atoms with van der Waals surface area (Å²) in [6.07, 6.45) is 9.58.